The van der Waals surface area contributed by atoms with E-state index in [1.54, 1.807) is 4.90 Å². The zero-order chi connectivity index (χ0) is 27.0. The highest BCUT2D eigenvalue weighted by molar-refractivity contribution is 6.06. The second kappa shape index (κ2) is 11.4. The zero-order valence-electron chi connectivity index (χ0n) is 23.7. The van der Waals surface area contributed by atoms with Crippen LogP contribution in [0.15, 0.2) is 28.9 Å². The summed E-state index contributed by atoms with van der Waals surface area (Å²) in [5, 5.41) is 10.1. The molecule has 2 aliphatic carbocycles. The minimum Gasteiger partial charge on any atom is -0.507 e. The van der Waals surface area contributed by atoms with E-state index in [4.69, 9.17) is 4.74 Å². The van der Waals surface area contributed by atoms with Crippen LogP contribution in [0.25, 0.3) is 6.08 Å². The van der Waals surface area contributed by atoms with Crippen molar-refractivity contribution in [3.05, 3.63) is 45.5 Å². The molecule has 5 rings (SSSR count). The number of likely N-dealkylation sites (tertiary alicyclic amines) is 1. The normalized spacial score (nSPS) is 28.3. The molecule has 5 heteroatoms. The molecule has 4 atom stereocenters. The van der Waals surface area contributed by atoms with E-state index in [0.717, 1.165) is 80.9 Å². The number of imide groups is 1. The number of hydrogen-bond donors (Lipinski definition) is 1. The molecule has 0 radical (unpaired) electrons. The van der Waals surface area contributed by atoms with Gasteiger partial charge in [-0.2, -0.15) is 0 Å². The summed E-state index contributed by atoms with van der Waals surface area (Å²) < 4.78 is 6.45. The van der Waals surface area contributed by atoms with Crippen LogP contribution >= 0.6 is 0 Å². The molecule has 2 aliphatic heterocycles. The van der Waals surface area contributed by atoms with Crippen molar-refractivity contribution >= 4 is 17.9 Å². The first kappa shape index (κ1) is 27.2. The van der Waals surface area contributed by atoms with Crippen LogP contribution in [0.2, 0.25) is 0 Å². The van der Waals surface area contributed by atoms with Crippen molar-refractivity contribution < 1.29 is 19.4 Å². The van der Waals surface area contributed by atoms with Gasteiger partial charge in [0.05, 0.1) is 24.5 Å². The molecule has 1 N–H and O–H groups in total. The standard InChI is InChI=1S/C33H45NO4/c1-5-10-24-18-26-30(33(37)34(32(26)36)25-11-8-7-9-12-25)27-19-38-28(29(24)27)14-13-22(6-2)17-23-15-20(3)31(35)21(4)16-23/h15-17,25-28,30,35H,5-14,18-19H2,1-4H3/b22-17+/t26-,27+,28-,30-/m1/s1. The van der Waals surface area contributed by atoms with Crippen molar-refractivity contribution in [2.24, 2.45) is 17.8 Å². The molecule has 0 aromatic heterocycles. The number of fused-ring (bicyclic) bond motifs is 3. The second-order valence-electron chi connectivity index (χ2n) is 12.1. The van der Waals surface area contributed by atoms with Gasteiger partial charge in [-0.15, -0.1) is 0 Å². The molecule has 4 aliphatic rings. The Morgan fingerprint density at radius 2 is 1.76 bits per heavy atom. The molecule has 0 spiro atoms. The van der Waals surface area contributed by atoms with E-state index < -0.39 is 0 Å². The number of benzene rings is 1. The fraction of sp³-hybridized carbons (Fsp3) is 0.636. The molecule has 206 valence electrons. The number of phenolic OH excluding ortho intramolecular Hbond substituents is 1. The van der Waals surface area contributed by atoms with Crippen molar-refractivity contribution in [1.82, 2.24) is 4.90 Å². The van der Waals surface area contributed by atoms with Gasteiger partial charge in [0.15, 0.2) is 0 Å². The van der Waals surface area contributed by atoms with Gasteiger partial charge in [0.25, 0.3) is 0 Å². The molecule has 1 aromatic carbocycles. The summed E-state index contributed by atoms with van der Waals surface area (Å²) in [7, 11) is 0. The molecule has 1 saturated carbocycles. The maximum absolute atomic E-state index is 13.8. The smallest absolute Gasteiger partial charge is 0.234 e. The number of aryl methyl sites for hydroxylation is 2. The third-order valence-corrected chi connectivity index (χ3v) is 9.60. The van der Waals surface area contributed by atoms with E-state index in [1.165, 1.54) is 23.1 Å². The molecule has 38 heavy (non-hydrogen) atoms. The van der Waals surface area contributed by atoms with Gasteiger partial charge in [0, 0.05) is 12.0 Å². The van der Waals surface area contributed by atoms with Gasteiger partial charge in [-0.25, -0.2) is 0 Å². The van der Waals surface area contributed by atoms with E-state index in [9.17, 15) is 14.7 Å². The van der Waals surface area contributed by atoms with E-state index in [0.29, 0.717) is 12.4 Å². The quantitative estimate of drug-likeness (QED) is 0.296. The third kappa shape index (κ3) is 4.99. The summed E-state index contributed by atoms with van der Waals surface area (Å²) in [6.45, 7) is 8.85. The van der Waals surface area contributed by atoms with Gasteiger partial charge in [-0.1, -0.05) is 56.8 Å². The lowest BCUT2D eigenvalue weighted by atomic mass is 9.68. The van der Waals surface area contributed by atoms with Crippen molar-refractivity contribution in [2.45, 2.75) is 110 Å². The van der Waals surface area contributed by atoms with Gasteiger partial charge in [0.1, 0.15) is 5.75 Å². The monoisotopic (exact) mass is 519 g/mol. The summed E-state index contributed by atoms with van der Waals surface area (Å²) in [5.41, 5.74) is 7.04. The van der Waals surface area contributed by atoms with Crippen LogP contribution in [0, 0.1) is 31.6 Å². The average Bonchev–Trinajstić information content (AvgIpc) is 3.44. The molecule has 2 heterocycles. The number of carbonyl (C=O) groups excluding carboxylic acids is 2. The predicted octanol–water partition coefficient (Wildman–Crippen LogP) is 7.03. The number of rotatable bonds is 8. The summed E-state index contributed by atoms with van der Waals surface area (Å²) in [4.78, 5) is 29.0. The van der Waals surface area contributed by atoms with Crippen LogP contribution in [0.3, 0.4) is 0 Å². The molecule has 2 saturated heterocycles. The van der Waals surface area contributed by atoms with E-state index in [1.807, 2.05) is 26.0 Å². The number of hydrogen-bond acceptors (Lipinski definition) is 4. The van der Waals surface area contributed by atoms with Crippen LogP contribution < -0.4 is 0 Å². The maximum atomic E-state index is 13.8. The lowest BCUT2D eigenvalue weighted by Crippen LogP contribution is -2.42. The molecular formula is C33H45NO4. The number of amides is 2. The SMILES string of the molecule is CCCC1=C2[C@@H](CC/C(=C/c3cc(C)c(O)c(C)c3)CC)OC[C@@H]2[C@@H]2C(=O)N(C3CCCCC3)C(=O)[C@@H]2C1. The third-order valence-electron chi connectivity index (χ3n) is 9.60. The van der Waals surface area contributed by atoms with Crippen LogP contribution in [0.1, 0.15) is 101 Å². The minimum absolute atomic E-state index is 0.0346. The first-order valence-electron chi connectivity index (χ1n) is 15.0. The molecule has 3 fully saturated rings. The number of aromatic hydroxyl groups is 1. The topological polar surface area (TPSA) is 66.8 Å². The van der Waals surface area contributed by atoms with Gasteiger partial charge in [-0.3, -0.25) is 14.5 Å². The number of carbonyl (C=O) groups is 2. The molecule has 1 aromatic rings. The summed E-state index contributed by atoms with van der Waals surface area (Å²) in [6, 6.07) is 4.20. The molecule has 0 unspecified atom stereocenters. The zero-order valence-corrected chi connectivity index (χ0v) is 23.7. The summed E-state index contributed by atoms with van der Waals surface area (Å²) >= 11 is 0. The van der Waals surface area contributed by atoms with Crippen molar-refractivity contribution in [2.75, 3.05) is 6.61 Å². The molecule has 0 bridgehead atoms. The minimum atomic E-state index is -0.228. The number of nitrogens with zero attached hydrogens (tertiary/aromatic N) is 1. The first-order valence-corrected chi connectivity index (χ1v) is 15.0. The average molecular weight is 520 g/mol. The highest BCUT2D eigenvalue weighted by Crippen LogP contribution is 2.51. The number of ether oxygens (including phenoxy) is 1. The predicted molar refractivity (Wildman–Crippen MR) is 151 cm³/mol. The highest BCUT2D eigenvalue weighted by atomic mass is 16.5. The Morgan fingerprint density at radius 3 is 2.42 bits per heavy atom. The van der Waals surface area contributed by atoms with Crippen LogP contribution in [0.5, 0.6) is 5.75 Å². The van der Waals surface area contributed by atoms with E-state index in [-0.39, 0.29) is 41.7 Å². The molecule has 5 nitrogen and oxygen atoms in total. The fourth-order valence-corrected chi connectivity index (χ4v) is 7.71. The largest absolute Gasteiger partial charge is 0.507 e. The lowest BCUT2D eigenvalue weighted by Gasteiger charge is -2.32. The summed E-state index contributed by atoms with van der Waals surface area (Å²) in [5.74, 6) is 0.198. The Labute approximate surface area is 228 Å². The highest BCUT2D eigenvalue weighted by Gasteiger charge is 2.57. The van der Waals surface area contributed by atoms with Crippen LogP contribution in [0.4, 0.5) is 0 Å². The Hall–Kier alpha value is -2.40. The fourth-order valence-electron chi connectivity index (χ4n) is 7.71. The van der Waals surface area contributed by atoms with Gasteiger partial charge < -0.3 is 9.84 Å². The van der Waals surface area contributed by atoms with E-state index >= 15 is 0 Å². The lowest BCUT2D eigenvalue weighted by molar-refractivity contribution is -0.143. The van der Waals surface area contributed by atoms with E-state index in [2.05, 4.69) is 19.9 Å². The number of allylic oxidation sites excluding steroid dienone is 2. The van der Waals surface area contributed by atoms with Crippen molar-refractivity contribution in [3.8, 4) is 5.75 Å². The maximum Gasteiger partial charge on any atom is 0.234 e. The summed E-state index contributed by atoms with van der Waals surface area (Å²) in [6.07, 6.45) is 13.2. The Bertz CT molecular complexity index is 1120. The van der Waals surface area contributed by atoms with Gasteiger partial charge >= 0.3 is 0 Å². The Morgan fingerprint density at radius 1 is 1.05 bits per heavy atom. The number of phenols is 1. The van der Waals surface area contributed by atoms with Crippen LogP contribution in [-0.4, -0.2) is 40.6 Å². The van der Waals surface area contributed by atoms with Gasteiger partial charge in [-0.05, 0) is 93.2 Å². The van der Waals surface area contributed by atoms with Crippen molar-refractivity contribution in [3.63, 3.8) is 0 Å². The Kier molecular flexibility index (Phi) is 8.14. The molecular weight excluding hydrogens is 474 g/mol. The van der Waals surface area contributed by atoms with Crippen molar-refractivity contribution in [1.29, 1.82) is 0 Å². The van der Waals surface area contributed by atoms with Crippen LogP contribution in [-0.2, 0) is 14.3 Å². The second-order valence-corrected chi connectivity index (χ2v) is 12.1. The Balaban J connectivity index is 1.35. The first-order chi connectivity index (χ1) is 18.3. The molecule has 2 amide bonds. The van der Waals surface area contributed by atoms with Gasteiger partial charge in [0.2, 0.25) is 11.8 Å².